The third-order valence-corrected chi connectivity index (χ3v) is 9.57. The molecule has 0 radical (unpaired) electrons. The summed E-state index contributed by atoms with van der Waals surface area (Å²) in [6.07, 6.45) is 7.89. The van der Waals surface area contributed by atoms with Gasteiger partial charge in [-0.3, -0.25) is 19.2 Å². The molecule has 44 heavy (non-hydrogen) atoms. The van der Waals surface area contributed by atoms with E-state index in [0.29, 0.717) is 18.5 Å². The van der Waals surface area contributed by atoms with Crippen molar-refractivity contribution in [3.63, 3.8) is 0 Å². The van der Waals surface area contributed by atoms with Gasteiger partial charge in [0, 0.05) is 19.0 Å². The van der Waals surface area contributed by atoms with Gasteiger partial charge in [0.25, 0.3) is 0 Å². The van der Waals surface area contributed by atoms with Crippen LogP contribution >= 0.6 is 0 Å². The Morgan fingerprint density at radius 1 is 1.07 bits per heavy atom. The molecule has 0 aliphatic carbocycles. The Bertz CT molecular complexity index is 1300. The van der Waals surface area contributed by atoms with Gasteiger partial charge in [0.2, 0.25) is 17.7 Å². The highest BCUT2D eigenvalue weighted by Gasteiger charge is 2.72. The van der Waals surface area contributed by atoms with Crippen molar-refractivity contribution in [2.45, 2.75) is 89.3 Å². The Morgan fingerprint density at radius 3 is 2.50 bits per heavy atom. The van der Waals surface area contributed by atoms with Gasteiger partial charge in [-0.1, -0.05) is 81.8 Å². The van der Waals surface area contributed by atoms with Gasteiger partial charge >= 0.3 is 5.97 Å². The first kappa shape index (κ1) is 31.9. The van der Waals surface area contributed by atoms with Gasteiger partial charge in [-0.05, 0) is 31.2 Å². The lowest BCUT2D eigenvalue weighted by Crippen LogP contribution is -2.60. The standard InChI is InChI=1S/C34H45N3O7/c1-5-12-22(4)36-18-11-17-34-29(31(40)37(30(34)32(36)41)24(20-38)21(2)3)28-25(44-34)15-9-10-16-27(39)35-19-26(43-33(28)42)23-13-7-6-8-14-23/h6-9,11,13-15,17,21-22,24-26,28-30,38H,5,10,12,16,18-20H2,1-4H3,(H,35,39)/b15-9-/t22?,24-,25-,26+,28+,29+,30-,34+/m0/s1. The molecule has 1 spiro atoms. The summed E-state index contributed by atoms with van der Waals surface area (Å²) in [5.74, 6) is -3.70. The summed E-state index contributed by atoms with van der Waals surface area (Å²) in [5, 5.41) is 13.4. The van der Waals surface area contributed by atoms with E-state index in [-0.39, 0.29) is 43.3 Å². The summed E-state index contributed by atoms with van der Waals surface area (Å²) in [6, 6.07) is 7.38. The normalized spacial score (nSPS) is 32.9. The highest BCUT2D eigenvalue weighted by Crippen LogP contribution is 2.54. The Kier molecular flexibility index (Phi) is 9.60. The molecule has 2 N–H and O–H groups in total. The molecule has 2 saturated heterocycles. The highest BCUT2D eigenvalue weighted by molar-refractivity contribution is 5.99. The number of amides is 3. The minimum absolute atomic E-state index is 0.0777. The number of hydrogen-bond donors (Lipinski definition) is 2. The molecular formula is C34H45N3O7. The largest absolute Gasteiger partial charge is 0.455 e. The smallest absolute Gasteiger partial charge is 0.313 e. The molecule has 1 unspecified atom stereocenters. The number of aliphatic hydroxyl groups is 1. The van der Waals surface area contributed by atoms with Gasteiger partial charge < -0.3 is 29.7 Å². The number of cyclic esters (lactones) is 1. The van der Waals surface area contributed by atoms with Crippen LogP contribution in [0.25, 0.3) is 0 Å². The number of benzene rings is 1. The van der Waals surface area contributed by atoms with E-state index >= 15 is 0 Å². The van der Waals surface area contributed by atoms with Gasteiger partial charge in [-0.2, -0.15) is 0 Å². The zero-order valence-corrected chi connectivity index (χ0v) is 26.1. The fourth-order valence-electron chi connectivity index (χ4n) is 7.31. The second-order valence-corrected chi connectivity index (χ2v) is 12.7. The lowest BCUT2D eigenvalue weighted by atomic mass is 9.77. The van der Waals surface area contributed by atoms with Gasteiger partial charge in [-0.25, -0.2) is 0 Å². The highest BCUT2D eigenvalue weighted by atomic mass is 16.6. The second kappa shape index (κ2) is 13.2. The summed E-state index contributed by atoms with van der Waals surface area (Å²) < 4.78 is 12.9. The third kappa shape index (κ3) is 5.70. The summed E-state index contributed by atoms with van der Waals surface area (Å²) in [6.45, 7) is 7.96. The zero-order chi connectivity index (χ0) is 31.6. The molecule has 2 fully saturated rings. The molecule has 8 atom stereocenters. The fraction of sp³-hybridized carbons (Fsp3) is 0.588. The molecule has 1 aromatic carbocycles. The number of nitrogens with zero attached hydrogens (tertiary/aromatic N) is 2. The topological polar surface area (TPSA) is 125 Å². The molecule has 4 aliphatic heterocycles. The predicted octanol–water partition coefficient (Wildman–Crippen LogP) is 2.92. The summed E-state index contributed by atoms with van der Waals surface area (Å²) in [4.78, 5) is 59.2. The SMILES string of the molecule is CCCC(C)N1CC=C[C@@]23O[C@H]4/C=C\CCC(=O)NC[C@H](c5ccccc5)OC(=O)[C@H]4[C@@H]2C(=O)N([C@@H](CO)C(C)C)[C@H]3C1=O. The van der Waals surface area contributed by atoms with Crippen LogP contribution in [0.1, 0.15) is 65.0 Å². The summed E-state index contributed by atoms with van der Waals surface area (Å²) in [7, 11) is 0. The molecule has 5 rings (SSSR count). The number of rotatable bonds is 7. The summed E-state index contributed by atoms with van der Waals surface area (Å²) in [5.41, 5.74) is -0.728. The van der Waals surface area contributed by atoms with Crippen molar-refractivity contribution in [3.8, 4) is 0 Å². The van der Waals surface area contributed by atoms with Crippen molar-refractivity contribution in [1.82, 2.24) is 15.1 Å². The number of likely N-dealkylation sites (tertiary alicyclic amines) is 1. The van der Waals surface area contributed by atoms with E-state index in [0.717, 1.165) is 12.8 Å². The van der Waals surface area contributed by atoms with Gasteiger partial charge in [0.05, 0.1) is 31.2 Å². The van der Waals surface area contributed by atoms with Crippen LogP contribution in [0.2, 0.25) is 0 Å². The van der Waals surface area contributed by atoms with Gasteiger partial charge in [-0.15, -0.1) is 0 Å². The van der Waals surface area contributed by atoms with E-state index in [4.69, 9.17) is 9.47 Å². The molecule has 0 aromatic heterocycles. The number of aliphatic hydroxyl groups excluding tert-OH is 1. The molecule has 4 aliphatic rings. The van der Waals surface area contributed by atoms with E-state index < -0.39 is 53.6 Å². The molecule has 0 bridgehead atoms. The number of hydrogen-bond acceptors (Lipinski definition) is 7. The maximum absolute atomic E-state index is 14.6. The van der Waals surface area contributed by atoms with Crippen molar-refractivity contribution in [1.29, 1.82) is 0 Å². The number of carbonyl (C=O) groups is 4. The van der Waals surface area contributed by atoms with Crippen molar-refractivity contribution in [2.24, 2.45) is 17.8 Å². The number of nitrogens with one attached hydrogen (secondary N) is 1. The van der Waals surface area contributed by atoms with Gasteiger partial charge in [0.1, 0.15) is 23.7 Å². The van der Waals surface area contributed by atoms with E-state index in [9.17, 15) is 24.3 Å². The number of esters is 1. The molecule has 1 aromatic rings. The average molecular weight is 608 g/mol. The van der Waals surface area contributed by atoms with Crippen molar-refractivity contribution >= 4 is 23.7 Å². The maximum atomic E-state index is 14.6. The molecule has 238 valence electrons. The Hall–Kier alpha value is -3.50. The molecule has 4 heterocycles. The van der Waals surface area contributed by atoms with Crippen LogP contribution in [0.3, 0.4) is 0 Å². The molecule has 10 nitrogen and oxygen atoms in total. The average Bonchev–Trinajstić information content (AvgIpc) is 3.38. The number of fused-ring (bicyclic) bond motifs is 2. The van der Waals surface area contributed by atoms with Crippen LogP contribution < -0.4 is 5.32 Å². The molecule has 10 heteroatoms. The van der Waals surface area contributed by atoms with Crippen LogP contribution in [0, 0.1) is 17.8 Å². The van der Waals surface area contributed by atoms with Crippen molar-refractivity contribution in [2.75, 3.05) is 19.7 Å². The minimum Gasteiger partial charge on any atom is -0.455 e. The maximum Gasteiger partial charge on any atom is 0.313 e. The van der Waals surface area contributed by atoms with Crippen molar-refractivity contribution in [3.05, 3.63) is 60.2 Å². The number of allylic oxidation sites excluding steroid dienone is 1. The molecular weight excluding hydrogens is 562 g/mol. The monoisotopic (exact) mass is 607 g/mol. The third-order valence-electron chi connectivity index (χ3n) is 9.57. The quantitative estimate of drug-likeness (QED) is 0.361. The van der Waals surface area contributed by atoms with Crippen LogP contribution in [-0.2, 0) is 28.7 Å². The van der Waals surface area contributed by atoms with Crippen LogP contribution in [-0.4, -0.2) is 88.1 Å². The first-order valence-corrected chi connectivity index (χ1v) is 15.9. The van der Waals surface area contributed by atoms with Crippen LogP contribution in [0.15, 0.2) is 54.6 Å². The number of carbonyl (C=O) groups excluding carboxylic acids is 4. The van der Waals surface area contributed by atoms with E-state index in [1.165, 1.54) is 4.90 Å². The summed E-state index contributed by atoms with van der Waals surface area (Å²) >= 11 is 0. The predicted molar refractivity (Wildman–Crippen MR) is 163 cm³/mol. The lowest BCUT2D eigenvalue weighted by Gasteiger charge is -2.41. The fourth-order valence-corrected chi connectivity index (χ4v) is 7.31. The number of ether oxygens (including phenoxy) is 2. The second-order valence-electron chi connectivity index (χ2n) is 12.7. The lowest BCUT2D eigenvalue weighted by molar-refractivity contribution is -0.161. The van der Waals surface area contributed by atoms with E-state index in [2.05, 4.69) is 12.2 Å². The van der Waals surface area contributed by atoms with Crippen molar-refractivity contribution < 1.29 is 33.8 Å². The Morgan fingerprint density at radius 2 is 1.82 bits per heavy atom. The molecule has 3 amide bonds. The van der Waals surface area contributed by atoms with E-state index in [1.54, 1.807) is 23.1 Å². The van der Waals surface area contributed by atoms with Crippen LogP contribution in [0.5, 0.6) is 0 Å². The first-order chi connectivity index (χ1) is 21.1. The minimum atomic E-state index is -1.44. The van der Waals surface area contributed by atoms with Gasteiger partial charge in [0.15, 0.2) is 0 Å². The molecule has 0 saturated carbocycles. The Labute approximate surface area is 259 Å². The zero-order valence-electron chi connectivity index (χ0n) is 26.1. The first-order valence-electron chi connectivity index (χ1n) is 15.9. The van der Waals surface area contributed by atoms with Crippen LogP contribution in [0.4, 0.5) is 0 Å². The van der Waals surface area contributed by atoms with E-state index in [1.807, 2.05) is 57.2 Å². The Balaban J connectivity index is 1.62.